The normalized spacial score (nSPS) is 15.1. The number of hydrogen-bond acceptors (Lipinski definition) is 3. The molecule has 0 spiro atoms. The quantitative estimate of drug-likeness (QED) is 0.910. The van der Waals surface area contributed by atoms with Gasteiger partial charge in [0.25, 0.3) is 5.91 Å². The summed E-state index contributed by atoms with van der Waals surface area (Å²) in [5.41, 5.74) is 4.28. The van der Waals surface area contributed by atoms with Gasteiger partial charge in [-0.1, -0.05) is 12.1 Å². The second-order valence-electron chi connectivity index (χ2n) is 3.40. The van der Waals surface area contributed by atoms with Gasteiger partial charge in [0.15, 0.2) is 17.2 Å². The lowest BCUT2D eigenvalue weighted by Crippen LogP contribution is -2.24. The van der Waals surface area contributed by atoms with Crippen LogP contribution in [0.2, 0.25) is 0 Å². The first kappa shape index (κ1) is 14.7. The lowest BCUT2D eigenvalue weighted by molar-refractivity contribution is -0.137. The van der Waals surface area contributed by atoms with Crippen LogP contribution in [0.3, 0.4) is 0 Å². The number of halogens is 3. The molecule has 1 aromatic rings. The third-order valence-corrected chi connectivity index (χ3v) is 2.49. The summed E-state index contributed by atoms with van der Waals surface area (Å²) < 4.78 is 52.6. The summed E-state index contributed by atoms with van der Waals surface area (Å²) in [5.74, 6) is -0.926. The van der Waals surface area contributed by atoms with E-state index < -0.39 is 34.8 Å². The highest BCUT2D eigenvalue weighted by Gasteiger charge is 2.30. The first-order chi connectivity index (χ1) is 8.21. The first-order valence-corrected chi connectivity index (χ1v) is 6.17. The number of alkyl halides is 3. The smallest absolute Gasteiger partial charge is 0.367 e. The highest BCUT2D eigenvalue weighted by molar-refractivity contribution is 7.79. The van der Waals surface area contributed by atoms with Gasteiger partial charge in [0.1, 0.15) is 0 Å². The minimum absolute atomic E-state index is 0.116. The molecular formula is C10H10F3NO3S. The molecule has 0 saturated carbocycles. The number of carbonyl (C=O) groups excluding carboxylic acids is 1. The Morgan fingerprint density at radius 3 is 2.17 bits per heavy atom. The van der Waals surface area contributed by atoms with Crippen LogP contribution in [0.4, 0.5) is 13.2 Å². The molecule has 0 aromatic heterocycles. The molecule has 0 aliphatic heterocycles. The molecule has 2 atom stereocenters. The van der Waals surface area contributed by atoms with Crippen molar-refractivity contribution < 1.29 is 26.4 Å². The average molecular weight is 281 g/mol. The SMILES string of the molecule is CS(=O)OC(C(N)=O)c1ccc(C(F)(F)F)cc1. The molecular weight excluding hydrogens is 271 g/mol. The third-order valence-electron chi connectivity index (χ3n) is 2.03. The van der Waals surface area contributed by atoms with E-state index in [0.717, 1.165) is 24.3 Å². The van der Waals surface area contributed by atoms with Crippen molar-refractivity contribution in [3.05, 3.63) is 35.4 Å². The van der Waals surface area contributed by atoms with E-state index in [2.05, 4.69) is 0 Å². The van der Waals surface area contributed by atoms with Crippen LogP contribution in [0.1, 0.15) is 17.2 Å². The van der Waals surface area contributed by atoms with Crippen LogP contribution >= 0.6 is 0 Å². The Hall–Kier alpha value is -1.41. The van der Waals surface area contributed by atoms with Gasteiger partial charge < -0.3 is 5.73 Å². The molecule has 2 unspecified atom stereocenters. The fourth-order valence-corrected chi connectivity index (χ4v) is 1.73. The minimum atomic E-state index is -4.46. The van der Waals surface area contributed by atoms with E-state index in [9.17, 15) is 22.2 Å². The van der Waals surface area contributed by atoms with Crippen LogP contribution in [-0.4, -0.2) is 16.4 Å². The highest BCUT2D eigenvalue weighted by Crippen LogP contribution is 2.30. The van der Waals surface area contributed by atoms with E-state index in [1.54, 1.807) is 0 Å². The molecule has 1 amide bonds. The Bertz CT molecular complexity index is 458. The molecule has 0 bridgehead atoms. The minimum Gasteiger partial charge on any atom is -0.367 e. The van der Waals surface area contributed by atoms with Crippen molar-refractivity contribution in [1.82, 2.24) is 0 Å². The average Bonchev–Trinajstić information content (AvgIpc) is 2.24. The van der Waals surface area contributed by atoms with Crippen LogP contribution in [0, 0.1) is 0 Å². The number of nitrogens with two attached hydrogens (primary N) is 1. The first-order valence-electron chi connectivity index (χ1n) is 4.69. The molecule has 0 fully saturated rings. The summed E-state index contributed by atoms with van der Waals surface area (Å²) in [5, 5.41) is 0. The van der Waals surface area contributed by atoms with Crippen molar-refractivity contribution in [2.24, 2.45) is 5.73 Å². The van der Waals surface area contributed by atoms with Gasteiger partial charge in [-0.2, -0.15) is 13.2 Å². The van der Waals surface area contributed by atoms with Gasteiger partial charge in [0.05, 0.1) is 5.56 Å². The zero-order valence-electron chi connectivity index (χ0n) is 9.23. The van der Waals surface area contributed by atoms with Crippen molar-refractivity contribution in [2.75, 3.05) is 6.26 Å². The second kappa shape index (κ2) is 5.49. The van der Waals surface area contributed by atoms with Gasteiger partial charge in [-0.05, 0) is 17.7 Å². The molecule has 18 heavy (non-hydrogen) atoms. The van der Waals surface area contributed by atoms with Crippen LogP contribution in [-0.2, 0) is 26.2 Å². The second-order valence-corrected chi connectivity index (χ2v) is 4.39. The number of primary amides is 1. The Kier molecular flexibility index (Phi) is 4.47. The monoisotopic (exact) mass is 281 g/mol. The molecule has 100 valence electrons. The van der Waals surface area contributed by atoms with Crippen LogP contribution in [0.5, 0.6) is 0 Å². The number of hydrogen-bond donors (Lipinski definition) is 1. The molecule has 0 radical (unpaired) electrons. The standard InChI is InChI=1S/C10H10F3NO3S/c1-18(16)17-8(9(14)15)6-2-4-7(5-3-6)10(11,12)13/h2-5,8H,1H3,(H2,14,15). The van der Waals surface area contributed by atoms with Crippen molar-refractivity contribution >= 4 is 17.0 Å². The topological polar surface area (TPSA) is 69.4 Å². The Morgan fingerprint density at radius 2 is 1.83 bits per heavy atom. The number of benzene rings is 1. The predicted molar refractivity (Wildman–Crippen MR) is 58.5 cm³/mol. The van der Waals surface area contributed by atoms with Gasteiger partial charge >= 0.3 is 6.18 Å². The van der Waals surface area contributed by atoms with E-state index in [1.807, 2.05) is 0 Å². The maximum atomic E-state index is 12.3. The zero-order valence-corrected chi connectivity index (χ0v) is 10.0. The lowest BCUT2D eigenvalue weighted by atomic mass is 10.1. The predicted octanol–water partition coefficient (Wildman–Crippen LogP) is 1.54. The fourth-order valence-electron chi connectivity index (χ4n) is 1.25. The summed E-state index contributed by atoms with van der Waals surface area (Å²) in [6.45, 7) is 0. The largest absolute Gasteiger partial charge is 0.416 e. The molecule has 0 aliphatic rings. The van der Waals surface area contributed by atoms with Crippen molar-refractivity contribution in [3.8, 4) is 0 Å². The summed E-state index contributed by atoms with van der Waals surface area (Å²) in [6.07, 6.45) is -4.62. The molecule has 4 nitrogen and oxygen atoms in total. The van der Waals surface area contributed by atoms with Gasteiger partial charge in [-0.3, -0.25) is 8.98 Å². The van der Waals surface area contributed by atoms with Crippen molar-refractivity contribution in [1.29, 1.82) is 0 Å². The third kappa shape index (κ3) is 3.81. The zero-order chi connectivity index (χ0) is 13.9. The molecule has 1 aromatic carbocycles. The summed E-state index contributed by atoms with van der Waals surface area (Å²) in [4.78, 5) is 11.1. The van der Waals surface area contributed by atoms with E-state index >= 15 is 0 Å². The van der Waals surface area contributed by atoms with Gasteiger partial charge in [0, 0.05) is 6.26 Å². The summed E-state index contributed by atoms with van der Waals surface area (Å²) in [7, 11) is 0. The van der Waals surface area contributed by atoms with E-state index in [1.165, 1.54) is 6.26 Å². The number of carbonyl (C=O) groups is 1. The molecule has 8 heteroatoms. The van der Waals surface area contributed by atoms with E-state index in [-0.39, 0.29) is 5.56 Å². The highest BCUT2D eigenvalue weighted by atomic mass is 32.2. The Balaban J connectivity index is 3.01. The van der Waals surface area contributed by atoms with Crippen molar-refractivity contribution in [3.63, 3.8) is 0 Å². The van der Waals surface area contributed by atoms with Gasteiger partial charge in [0.2, 0.25) is 0 Å². The van der Waals surface area contributed by atoms with E-state index in [0.29, 0.717) is 0 Å². The lowest BCUT2D eigenvalue weighted by Gasteiger charge is -2.13. The molecule has 0 saturated heterocycles. The molecule has 2 N–H and O–H groups in total. The Labute approximate surface area is 104 Å². The molecule has 0 heterocycles. The van der Waals surface area contributed by atoms with Gasteiger partial charge in [-0.15, -0.1) is 0 Å². The Morgan fingerprint density at radius 1 is 1.33 bits per heavy atom. The summed E-state index contributed by atoms with van der Waals surface area (Å²) >= 11 is -1.76. The van der Waals surface area contributed by atoms with Crippen LogP contribution in [0.15, 0.2) is 24.3 Å². The van der Waals surface area contributed by atoms with Crippen LogP contribution in [0.25, 0.3) is 0 Å². The van der Waals surface area contributed by atoms with Gasteiger partial charge in [-0.25, -0.2) is 4.21 Å². The number of amides is 1. The maximum absolute atomic E-state index is 12.3. The molecule has 0 aliphatic carbocycles. The van der Waals surface area contributed by atoms with E-state index in [4.69, 9.17) is 9.92 Å². The van der Waals surface area contributed by atoms with Crippen LogP contribution < -0.4 is 5.73 Å². The fraction of sp³-hybridized carbons (Fsp3) is 0.300. The number of rotatable bonds is 4. The summed E-state index contributed by atoms with van der Waals surface area (Å²) in [6, 6.07) is 3.72. The maximum Gasteiger partial charge on any atom is 0.416 e. The molecule has 1 rings (SSSR count). The van der Waals surface area contributed by atoms with Crippen molar-refractivity contribution in [2.45, 2.75) is 12.3 Å².